The summed E-state index contributed by atoms with van der Waals surface area (Å²) in [5.41, 5.74) is 0.546. The summed E-state index contributed by atoms with van der Waals surface area (Å²) in [4.78, 5) is 12.1. The van der Waals surface area contributed by atoms with E-state index in [-0.39, 0.29) is 10.8 Å². The largest absolute Gasteiger partial charge is 0.444 e. The zero-order valence-electron chi connectivity index (χ0n) is 15.0. The Morgan fingerprint density at radius 3 is 2.17 bits per heavy atom. The van der Waals surface area contributed by atoms with Crippen molar-refractivity contribution in [2.45, 2.75) is 64.4 Å². The highest BCUT2D eigenvalue weighted by Gasteiger charge is 2.26. The lowest BCUT2D eigenvalue weighted by molar-refractivity contribution is 0.0509. The van der Waals surface area contributed by atoms with Gasteiger partial charge in [0.25, 0.3) is 0 Å². The Kier molecular flexibility index (Phi) is 6.81. The molecule has 0 saturated heterocycles. The van der Waals surface area contributed by atoms with E-state index < -0.39 is 22.5 Å². The fourth-order valence-corrected chi connectivity index (χ4v) is 3.02. The fourth-order valence-electron chi connectivity index (χ4n) is 1.96. The monoisotopic (exact) mass is 339 g/mol. The molecule has 2 atom stereocenters. The molecule has 0 saturated carbocycles. The van der Waals surface area contributed by atoms with E-state index >= 15 is 0 Å². The van der Waals surface area contributed by atoms with Gasteiger partial charge in [-0.1, -0.05) is 30.3 Å². The molecule has 0 aliphatic rings. The number of nitrogens with one attached hydrogen (secondary N) is 1. The average molecular weight is 340 g/mol. The second kappa shape index (κ2) is 7.95. The Morgan fingerprint density at radius 2 is 1.70 bits per heavy atom. The van der Waals surface area contributed by atoms with Crippen LogP contribution < -0.4 is 5.32 Å². The van der Waals surface area contributed by atoms with Gasteiger partial charge in [-0.05, 0) is 53.5 Å². The van der Waals surface area contributed by atoms with Crippen molar-refractivity contribution in [1.29, 1.82) is 0 Å². The summed E-state index contributed by atoms with van der Waals surface area (Å²) in [5.74, 6) is 0.400. The molecule has 0 heterocycles. The summed E-state index contributed by atoms with van der Waals surface area (Å²) in [6.07, 6.45) is 0.159. The van der Waals surface area contributed by atoms with Crippen LogP contribution in [0.2, 0.25) is 0 Å². The summed E-state index contributed by atoms with van der Waals surface area (Å²) < 4.78 is 17.5. The molecular weight excluding hydrogens is 310 g/mol. The van der Waals surface area contributed by atoms with Crippen molar-refractivity contribution < 1.29 is 13.7 Å². The van der Waals surface area contributed by atoms with Crippen molar-refractivity contribution in [1.82, 2.24) is 5.32 Å². The van der Waals surface area contributed by atoms with E-state index in [0.717, 1.165) is 5.56 Å². The molecule has 1 amide bonds. The first-order valence-electron chi connectivity index (χ1n) is 7.89. The molecule has 0 radical (unpaired) electrons. The second-order valence-electron chi connectivity index (χ2n) is 7.66. The molecule has 0 spiro atoms. The lowest BCUT2D eigenvalue weighted by Gasteiger charge is -2.26. The van der Waals surface area contributed by atoms with Crippen LogP contribution in [0.5, 0.6) is 0 Å². The van der Waals surface area contributed by atoms with Crippen molar-refractivity contribution in [3.05, 3.63) is 35.9 Å². The third kappa shape index (κ3) is 8.16. The normalized spacial score (nSPS) is 14.9. The van der Waals surface area contributed by atoms with Crippen LogP contribution >= 0.6 is 0 Å². The van der Waals surface area contributed by atoms with E-state index in [1.54, 1.807) is 0 Å². The van der Waals surface area contributed by atoms with Crippen LogP contribution in [0.4, 0.5) is 4.79 Å². The van der Waals surface area contributed by atoms with Crippen molar-refractivity contribution in [3.8, 4) is 0 Å². The van der Waals surface area contributed by atoms with Gasteiger partial charge in [0.2, 0.25) is 0 Å². The zero-order valence-corrected chi connectivity index (χ0v) is 15.8. The molecule has 2 unspecified atom stereocenters. The Bertz CT molecular complexity index is 529. The van der Waals surface area contributed by atoms with Crippen molar-refractivity contribution >= 4 is 16.9 Å². The molecule has 0 bridgehead atoms. The van der Waals surface area contributed by atoms with Gasteiger partial charge in [-0.15, -0.1) is 0 Å². The van der Waals surface area contributed by atoms with Crippen molar-refractivity contribution in [2.75, 3.05) is 5.75 Å². The summed E-state index contributed by atoms with van der Waals surface area (Å²) in [6.45, 7) is 11.3. The van der Waals surface area contributed by atoms with Crippen LogP contribution in [-0.4, -0.2) is 32.4 Å². The molecule has 23 heavy (non-hydrogen) atoms. The van der Waals surface area contributed by atoms with Gasteiger partial charge >= 0.3 is 6.09 Å². The first-order valence-corrected chi connectivity index (χ1v) is 9.21. The minimum Gasteiger partial charge on any atom is -0.444 e. The molecule has 4 nitrogen and oxygen atoms in total. The van der Waals surface area contributed by atoms with Gasteiger partial charge in [0.1, 0.15) is 5.60 Å². The zero-order chi connectivity index (χ0) is 17.7. The topological polar surface area (TPSA) is 55.4 Å². The van der Waals surface area contributed by atoms with Crippen LogP contribution in [0.3, 0.4) is 0 Å². The predicted molar refractivity (Wildman–Crippen MR) is 96.1 cm³/mol. The maximum atomic E-state index is 12.5. The lowest BCUT2D eigenvalue weighted by Crippen LogP contribution is -2.44. The van der Waals surface area contributed by atoms with Crippen LogP contribution in [0, 0.1) is 0 Å². The number of rotatable bonds is 5. The van der Waals surface area contributed by atoms with Gasteiger partial charge in [-0.3, -0.25) is 4.21 Å². The third-order valence-electron chi connectivity index (χ3n) is 3.08. The Labute approximate surface area is 142 Å². The van der Waals surface area contributed by atoms with Crippen molar-refractivity contribution in [3.63, 3.8) is 0 Å². The van der Waals surface area contributed by atoms with E-state index in [0.29, 0.717) is 12.2 Å². The molecule has 130 valence electrons. The summed E-state index contributed by atoms with van der Waals surface area (Å²) >= 11 is 0. The SMILES string of the molecule is CC(C)(C)OC(=O)NC(Cc1ccccc1)CS(=O)C(C)(C)C. The summed E-state index contributed by atoms with van der Waals surface area (Å²) in [7, 11) is -1.05. The first kappa shape index (κ1) is 19.7. The minimum atomic E-state index is -1.05. The van der Waals surface area contributed by atoms with Gasteiger partial charge < -0.3 is 10.1 Å². The van der Waals surface area contributed by atoms with E-state index in [1.165, 1.54) is 0 Å². The molecule has 0 aliphatic heterocycles. The maximum absolute atomic E-state index is 12.5. The highest BCUT2D eigenvalue weighted by molar-refractivity contribution is 7.86. The van der Waals surface area contributed by atoms with Gasteiger partial charge in [0.15, 0.2) is 0 Å². The summed E-state index contributed by atoms with van der Waals surface area (Å²) in [6, 6.07) is 9.65. The lowest BCUT2D eigenvalue weighted by atomic mass is 10.1. The standard InChI is InChI=1S/C18H29NO3S/c1-17(2,3)22-16(20)19-15(13-23(21)18(4,5)6)12-14-10-8-7-9-11-14/h7-11,15H,12-13H2,1-6H3,(H,19,20). The van der Waals surface area contributed by atoms with Crippen LogP contribution in [-0.2, 0) is 22.0 Å². The van der Waals surface area contributed by atoms with Gasteiger partial charge in [0, 0.05) is 27.3 Å². The van der Waals surface area contributed by atoms with Crippen LogP contribution in [0.1, 0.15) is 47.1 Å². The second-order valence-corrected chi connectivity index (χ2v) is 9.91. The Hall–Kier alpha value is -1.36. The fraction of sp³-hybridized carbons (Fsp3) is 0.611. The third-order valence-corrected chi connectivity index (χ3v) is 5.15. The molecule has 1 N–H and O–H groups in total. The van der Waals surface area contributed by atoms with Crippen LogP contribution in [0.25, 0.3) is 0 Å². The number of hydrogen-bond donors (Lipinski definition) is 1. The first-order chi connectivity index (χ1) is 10.5. The van der Waals surface area contributed by atoms with Gasteiger partial charge in [0.05, 0.1) is 0 Å². The number of carbonyl (C=O) groups excluding carboxylic acids is 1. The molecule has 0 fully saturated rings. The molecular formula is C18H29NO3S. The van der Waals surface area contributed by atoms with E-state index in [2.05, 4.69) is 5.32 Å². The Balaban J connectivity index is 2.80. The number of hydrogen-bond acceptors (Lipinski definition) is 3. The average Bonchev–Trinajstić information content (AvgIpc) is 2.36. The smallest absolute Gasteiger partial charge is 0.407 e. The molecule has 0 aliphatic carbocycles. The predicted octanol–water partition coefficient (Wildman–Crippen LogP) is 3.67. The number of benzene rings is 1. The van der Waals surface area contributed by atoms with Crippen molar-refractivity contribution in [2.24, 2.45) is 0 Å². The highest BCUT2D eigenvalue weighted by Crippen LogP contribution is 2.15. The quantitative estimate of drug-likeness (QED) is 0.890. The Morgan fingerprint density at radius 1 is 1.13 bits per heavy atom. The number of amides is 1. The van der Waals surface area contributed by atoms with E-state index in [1.807, 2.05) is 71.9 Å². The van der Waals surface area contributed by atoms with Crippen LogP contribution in [0.15, 0.2) is 30.3 Å². The number of ether oxygens (including phenoxy) is 1. The molecule has 0 aromatic heterocycles. The van der Waals surface area contributed by atoms with E-state index in [4.69, 9.17) is 4.74 Å². The summed E-state index contributed by atoms with van der Waals surface area (Å²) in [5, 5.41) is 2.87. The number of alkyl carbamates (subject to hydrolysis) is 1. The van der Waals surface area contributed by atoms with E-state index in [9.17, 15) is 9.00 Å². The minimum absolute atomic E-state index is 0.229. The molecule has 1 aromatic carbocycles. The molecule has 1 rings (SSSR count). The maximum Gasteiger partial charge on any atom is 0.407 e. The molecule has 1 aromatic rings. The molecule has 5 heteroatoms. The number of carbonyl (C=O) groups is 1. The highest BCUT2D eigenvalue weighted by atomic mass is 32.2. The van der Waals surface area contributed by atoms with Gasteiger partial charge in [-0.25, -0.2) is 4.79 Å². The van der Waals surface area contributed by atoms with Gasteiger partial charge in [-0.2, -0.15) is 0 Å².